The van der Waals surface area contributed by atoms with Gasteiger partial charge in [0.05, 0.1) is 5.69 Å². The molecule has 2 aromatic rings. The average Bonchev–Trinajstić information content (AvgIpc) is 2.37. The Kier molecular flexibility index (Phi) is 3.85. The average molecular weight is 260 g/mol. The van der Waals surface area contributed by atoms with Crippen LogP contribution in [0.3, 0.4) is 0 Å². The fourth-order valence-corrected chi connectivity index (χ4v) is 1.74. The Hall–Kier alpha value is -2.30. The molecule has 0 fully saturated rings. The normalized spacial score (nSPS) is 10.4. The van der Waals surface area contributed by atoms with Gasteiger partial charge in [-0.15, -0.1) is 0 Å². The van der Waals surface area contributed by atoms with Crippen LogP contribution in [0.15, 0.2) is 41.2 Å². The minimum Gasteiger partial charge on any atom is -0.297 e. The van der Waals surface area contributed by atoms with Gasteiger partial charge in [-0.25, -0.2) is 9.07 Å². The van der Waals surface area contributed by atoms with E-state index in [9.17, 15) is 14.0 Å². The van der Waals surface area contributed by atoms with Crippen LogP contribution in [0, 0.1) is 12.7 Å². The van der Waals surface area contributed by atoms with Crippen LogP contribution in [0.2, 0.25) is 0 Å². The topological polar surface area (TPSA) is 52.0 Å². The second kappa shape index (κ2) is 5.56. The SMILES string of the molecule is Cc1ccc(=O)n(CC(=O)Cc2ccccc2F)n1. The van der Waals surface area contributed by atoms with Gasteiger partial charge in [-0.05, 0) is 24.6 Å². The van der Waals surface area contributed by atoms with Gasteiger partial charge < -0.3 is 0 Å². The quantitative estimate of drug-likeness (QED) is 0.837. The van der Waals surface area contributed by atoms with Crippen molar-refractivity contribution < 1.29 is 9.18 Å². The molecule has 1 heterocycles. The summed E-state index contributed by atoms with van der Waals surface area (Å²) in [5, 5.41) is 3.97. The van der Waals surface area contributed by atoms with E-state index in [4.69, 9.17) is 0 Å². The second-order valence-corrected chi connectivity index (χ2v) is 4.28. The Balaban J connectivity index is 2.12. The predicted molar refractivity (Wildman–Crippen MR) is 68.3 cm³/mol. The molecule has 0 bridgehead atoms. The third-order valence-electron chi connectivity index (χ3n) is 2.67. The minimum absolute atomic E-state index is 0.0469. The van der Waals surface area contributed by atoms with Crippen LogP contribution in [0.25, 0.3) is 0 Å². The third kappa shape index (κ3) is 3.34. The molecule has 0 N–H and O–H groups in total. The summed E-state index contributed by atoms with van der Waals surface area (Å²) in [4.78, 5) is 23.3. The second-order valence-electron chi connectivity index (χ2n) is 4.28. The molecule has 0 saturated carbocycles. The van der Waals surface area contributed by atoms with Gasteiger partial charge in [0, 0.05) is 12.5 Å². The van der Waals surface area contributed by atoms with Gasteiger partial charge >= 0.3 is 0 Å². The van der Waals surface area contributed by atoms with Crippen molar-refractivity contribution in [3.63, 3.8) is 0 Å². The maximum atomic E-state index is 13.4. The largest absolute Gasteiger partial charge is 0.297 e. The number of Topliss-reactive ketones (excluding diaryl/α,β-unsaturated/α-hetero) is 1. The summed E-state index contributed by atoms with van der Waals surface area (Å²) < 4.78 is 14.5. The molecule has 0 unspecified atom stereocenters. The van der Waals surface area contributed by atoms with Crippen molar-refractivity contribution in [1.82, 2.24) is 9.78 Å². The molecule has 0 aliphatic carbocycles. The highest BCUT2D eigenvalue weighted by molar-refractivity contribution is 5.80. The summed E-state index contributed by atoms with van der Waals surface area (Å²) in [6, 6.07) is 9.04. The Morgan fingerprint density at radius 1 is 1.26 bits per heavy atom. The smallest absolute Gasteiger partial charge is 0.267 e. The van der Waals surface area contributed by atoms with Crippen LogP contribution in [0.1, 0.15) is 11.3 Å². The van der Waals surface area contributed by atoms with E-state index in [1.54, 1.807) is 31.2 Å². The number of aryl methyl sites for hydroxylation is 1. The molecule has 0 amide bonds. The standard InChI is InChI=1S/C14H13FN2O2/c1-10-6-7-14(19)17(16-10)9-12(18)8-11-4-2-3-5-13(11)15/h2-7H,8-9H2,1H3. The fraction of sp³-hybridized carbons (Fsp3) is 0.214. The molecular weight excluding hydrogens is 247 g/mol. The number of ketones is 1. The van der Waals surface area contributed by atoms with Crippen LogP contribution in [0.5, 0.6) is 0 Å². The van der Waals surface area contributed by atoms with E-state index in [0.717, 1.165) is 4.68 Å². The molecule has 1 aromatic heterocycles. The highest BCUT2D eigenvalue weighted by atomic mass is 19.1. The Morgan fingerprint density at radius 3 is 2.74 bits per heavy atom. The van der Waals surface area contributed by atoms with Crippen molar-refractivity contribution in [3.05, 3.63) is 63.8 Å². The highest BCUT2D eigenvalue weighted by Gasteiger charge is 2.10. The molecular formula is C14H13FN2O2. The summed E-state index contributed by atoms with van der Waals surface area (Å²) in [5.41, 5.74) is 0.638. The first-order chi connectivity index (χ1) is 9.06. The number of nitrogens with zero attached hydrogens (tertiary/aromatic N) is 2. The molecule has 2 rings (SSSR count). The fourth-order valence-electron chi connectivity index (χ4n) is 1.74. The summed E-state index contributed by atoms with van der Waals surface area (Å²) in [6.45, 7) is 1.59. The molecule has 1 aromatic carbocycles. The molecule has 19 heavy (non-hydrogen) atoms. The molecule has 0 aliphatic heterocycles. The first-order valence-corrected chi connectivity index (χ1v) is 5.86. The van der Waals surface area contributed by atoms with E-state index < -0.39 is 5.82 Å². The zero-order chi connectivity index (χ0) is 13.8. The summed E-state index contributed by atoms with van der Waals surface area (Å²) in [5.74, 6) is -0.675. The van der Waals surface area contributed by atoms with Crippen molar-refractivity contribution in [2.75, 3.05) is 0 Å². The van der Waals surface area contributed by atoms with E-state index in [2.05, 4.69) is 5.10 Å². The number of carbonyl (C=O) groups is 1. The van der Waals surface area contributed by atoms with Crippen LogP contribution in [0.4, 0.5) is 4.39 Å². The molecule has 98 valence electrons. The lowest BCUT2D eigenvalue weighted by molar-refractivity contribution is -0.119. The van der Waals surface area contributed by atoms with Crippen molar-refractivity contribution in [2.45, 2.75) is 19.9 Å². The monoisotopic (exact) mass is 260 g/mol. The Labute approximate surface area is 109 Å². The number of aromatic nitrogens is 2. The van der Waals surface area contributed by atoms with E-state index in [1.165, 1.54) is 12.1 Å². The van der Waals surface area contributed by atoms with Gasteiger partial charge in [0.2, 0.25) is 0 Å². The highest BCUT2D eigenvalue weighted by Crippen LogP contribution is 2.07. The van der Waals surface area contributed by atoms with Crippen molar-refractivity contribution in [2.24, 2.45) is 0 Å². The van der Waals surface area contributed by atoms with Gasteiger partial charge in [-0.2, -0.15) is 5.10 Å². The molecule has 0 atom stereocenters. The van der Waals surface area contributed by atoms with E-state index in [0.29, 0.717) is 11.3 Å². The first-order valence-electron chi connectivity index (χ1n) is 5.86. The number of benzene rings is 1. The number of halogens is 1. The Morgan fingerprint density at radius 2 is 2.00 bits per heavy atom. The Bertz CT molecular complexity index is 664. The number of carbonyl (C=O) groups excluding carboxylic acids is 1. The third-order valence-corrected chi connectivity index (χ3v) is 2.67. The molecule has 0 aliphatic rings. The first kappa shape index (κ1) is 13.1. The van der Waals surface area contributed by atoms with Gasteiger partial charge in [0.15, 0.2) is 5.78 Å². The number of rotatable bonds is 4. The van der Waals surface area contributed by atoms with Gasteiger partial charge in [-0.1, -0.05) is 18.2 Å². The predicted octanol–water partition coefficient (Wildman–Crippen LogP) is 1.50. The molecule has 5 heteroatoms. The maximum absolute atomic E-state index is 13.4. The van der Waals surface area contributed by atoms with Crippen LogP contribution < -0.4 is 5.56 Å². The maximum Gasteiger partial charge on any atom is 0.267 e. The lowest BCUT2D eigenvalue weighted by Gasteiger charge is -2.05. The van der Waals surface area contributed by atoms with E-state index >= 15 is 0 Å². The van der Waals surface area contributed by atoms with Crippen molar-refractivity contribution >= 4 is 5.78 Å². The lowest BCUT2D eigenvalue weighted by Crippen LogP contribution is -2.27. The molecule has 0 saturated heterocycles. The van der Waals surface area contributed by atoms with Crippen molar-refractivity contribution in [1.29, 1.82) is 0 Å². The summed E-state index contributed by atoms with van der Waals surface area (Å²) in [7, 11) is 0. The van der Waals surface area contributed by atoms with Crippen molar-refractivity contribution in [3.8, 4) is 0 Å². The molecule has 0 radical (unpaired) electrons. The number of hydrogen-bond acceptors (Lipinski definition) is 3. The molecule has 0 spiro atoms. The minimum atomic E-state index is -0.416. The van der Waals surface area contributed by atoms with Gasteiger partial charge in [0.1, 0.15) is 12.4 Å². The van der Waals surface area contributed by atoms with E-state index in [1.807, 2.05) is 0 Å². The molecule has 4 nitrogen and oxygen atoms in total. The van der Waals surface area contributed by atoms with Gasteiger partial charge in [-0.3, -0.25) is 9.59 Å². The summed E-state index contributed by atoms with van der Waals surface area (Å²) >= 11 is 0. The zero-order valence-electron chi connectivity index (χ0n) is 10.5. The number of hydrogen-bond donors (Lipinski definition) is 0. The van der Waals surface area contributed by atoms with Crippen LogP contribution in [-0.2, 0) is 17.8 Å². The lowest BCUT2D eigenvalue weighted by atomic mass is 10.1. The zero-order valence-corrected chi connectivity index (χ0v) is 10.5. The van der Waals surface area contributed by atoms with E-state index in [-0.39, 0.29) is 24.3 Å². The van der Waals surface area contributed by atoms with Crippen LogP contribution in [-0.4, -0.2) is 15.6 Å². The summed E-state index contributed by atoms with van der Waals surface area (Å²) in [6.07, 6.45) is -0.0469. The van der Waals surface area contributed by atoms with Gasteiger partial charge in [0.25, 0.3) is 5.56 Å². The van der Waals surface area contributed by atoms with Crippen LogP contribution >= 0.6 is 0 Å².